The molecule has 2 unspecified atom stereocenters. The second-order valence-electron chi connectivity index (χ2n) is 4.53. The predicted molar refractivity (Wildman–Crippen MR) is 69.7 cm³/mol. The van der Waals surface area contributed by atoms with Crippen molar-refractivity contribution in [1.29, 1.82) is 0 Å². The monoisotopic (exact) mass is 328 g/mol. The molecular formula is C12H13ClF4N2O2. The highest BCUT2D eigenvalue weighted by Crippen LogP contribution is 2.31. The number of amides is 1. The Morgan fingerprint density at radius 1 is 1.38 bits per heavy atom. The second kappa shape index (κ2) is 6.59. The first-order chi connectivity index (χ1) is 9.27. The van der Waals surface area contributed by atoms with Crippen molar-refractivity contribution in [2.24, 2.45) is 0 Å². The minimum absolute atomic E-state index is 0. The van der Waals surface area contributed by atoms with E-state index in [1.54, 1.807) is 0 Å². The van der Waals surface area contributed by atoms with E-state index in [-0.39, 0.29) is 25.4 Å². The summed E-state index contributed by atoms with van der Waals surface area (Å²) in [7, 11) is 0. The lowest BCUT2D eigenvalue weighted by atomic mass is 10.1. The van der Waals surface area contributed by atoms with Crippen LogP contribution in [0.2, 0.25) is 0 Å². The molecule has 2 rings (SSSR count). The first-order valence-electron chi connectivity index (χ1n) is 5.86. The molecule has 0 aromatic heterocycles. The van der Waals surface area contributed by atoms with Crippen LogP contribution in [-0.2, 0) is 11.0 Å². The number of anilines is 1. The Balaban J connectivity index is 0.00000220. The Kier molecular flexibility index (Phi) is 5.54. The van der Waals surface area contributed by atoms with E-state index in [0.717, 1.165) is 0 Å². The number of carbonyl (C=O) groups excluding carboxylic acids is 1. The van der Waals surface area contributed by atoms with Gasteiger partial charge in [-0.05, 0) is 24.6 Å². The summed E-state index contributed by atoms with van der Waals surface area (Å²) in [6, 6.07) is 1.04. The molecule has 0 saturated carbocycles. The molecule has 1 aromatic carbocycles. The normalized spacial score (nSPS) is 21.8. The lowest BCUT2D eigenvalue weighted by Gasteiger charge is -2.13. The third kappa shape index (κ3) is 4.29. The van der Waals surface area contributed by atoms with Crippen LogP contribution in [0.5, 0.6) is 0 Å². The van der Waals surface area contributed by atoms with Gasteiger partial charge in [0.1, 0.15) is 5.82 Å². The van der Waals surface area contributed by atoms with Crippen molar-refractivity contribution < 1.29 is 27.5 Å². The first-order valence-corrected chi connectivity index (χ1v) is 5.86. The van der Waals surface area contributed by atoms with Crippen LogP contribution in [0.4, 0.5) is 23.2 Å². The maximum atomic E-state index is 13.4. The summed E-state index contributed by atoms with van der Waals surface area (Å²) >= 11 is 0. The standard InChI is InChI=1S/C12H12F4N2O2.ClH/c13-8-2-1-6(12(14,15)16)3-9(8)18-11(20)10-4-7(19)5-17-10;/h1-3,7,10,17,19H,4-5H2,(H,18,20);1H. The molecule has 21 heavy (non-hydrogen) atoms. The zero-order valence-electron chi connectivity index (χ0n) is 10.6. The predicted octanol–water partition coefficient (Wildman–Crippen LogP) is 1.93. The quantitative estimate of drug-likeness (QED) is 0.727. The molecule has 9 heteroatoms. The van der Waals surface area contributed by atoms with E-state index in [2.05, 4.69) is 10.6 Å². The summed E-state index contributed by atoms with van der Waals surface area (Å²) < 4.78 is 51.0. The van der Waals surface area contributed by atoms with Crippen molar-refractivity contribution in [1.82, 2.24) is 5.32 Å². The van der Waals surface area contributed by atoms with Gasteiger partial charge in [0, 0.05) is 6.54 Å². The number of hydrogen-bond acceptors (Lipinski definition) is 3. The Morgan fingerprint density at radius 3 is 2.57 bits per heavy atom. The average Bonchev–Trinajstić information content (AvgIpc) is 2.77. The van der Waals surface area contributed by atoms with Crippen LogP contribution in [0.3, 0.4) is 0 Å². The molecule has 1 heterocycles. The fourth-order valence-corrected chi connectivity index (χ4v) is 1.93. The van der Waals surface area contributed by atoms with Crippen molar-refractivity contribution in [3.63, 3.8) is 0 Å². The number of alkyl halides is 3. The number of rotatable bonds is 2. The zero-order valence-corrected chi connectivity index (χ0v) is 11.4. The molecule has 1 aliphatic rings. The molecule has 0 radical (unpaired) electrons. The van der Waals surface area contributed by atoms with E-state index in [4.69, 9.17) is 0 Å². The van der Waals surface area contributed by atoms with Gasteiger partial charge in [0.05, 0.1) is 23.4 Å². The van der Waals surface area contributed by atoms with E-state index in [0.29, 0.717) is 18.2 Å². The van der Waals surface area contributed by atoms with Crippen LogP contribution < -0.4 is 10.6 Å². The third-order valence-corrected chi connectivity index (χ3v) is 2.98. The van der Waals surface area contributed by atoms with Gasteiger partial charge in [-0.15, -0.1) is 12.4 Å². The molecule has 118 valence electrons. The van der Waals surface area contributed by atoms with Gasteiger partial charge in [-0.2, -0.15) is 13.2 Å². The number of β-amino-alcohol motifs (C(OH)–C–C–N with tert-alkyl or cyclic N) is 1. The smallest absolute Gasteiger partial charge is 0.392 e. The Bertz CT molecular complexity index is 524. The molecule has 1 aromatic rings. The average molecular weight is 329 g/mol. The van der Waals surface area contributed by atoms with Crippen LogP contribution in [0.15, 0.2) is 18.2 Å². The molecule has 1 aliphatic heterocycles. The molecule has 2 atom stereocenters. The van der Waals surface area contributed by atoms with Crippen LogP contribution in [0.25, 0.3) is 0 Å². The van der Waals surface area contributed by atoms with Gasteiger partial charge in [0.2, 0.25) is 5.91 Å². The fraction of sp³-hybridized carbons (Fsp3) is 0.417. The topological polar surface area (TPSA) is 61.4 Å². The molecule has 1 saturated heterocycles. The molecule has 1 amide bonds. The third-order valence-electron chi connectivity index (χ3n) is 2.98. The fourth-order valence-electron chi connectivity index (χ4n) is 1.93. The van der Waals surface area contributed by atoms with Crippen molar-refractivity contribution in [3.8, 4) is 0 Å². The van der Waals surface area contributed by atoms with E-state index in [1.165, 1.54) is 0 Å². The Labute approximate surface area is 123 Å². The number of hydrogen-bond donors (Lipinski definition) is 3. The van der Waals surface area contributed by atoms with Gasteiger partial charge in [-0.1, -0.05) is 0 Å². The van der Waals surface area contributed by atoms with Crippen LogP contribution in [-0.4, -0.2) is 29.7 Å². The highest BCUT2D eigenvalue weighted by atomic mass is 35.5. The van der Waals surface area contributed by atoms with Gasteiger partial charge in [-0.3, -0.25) is 4.79 Å². The highest BCUT2D eigenvalue weighted by molar-refractivity contribution is 5.95. The van der Waals surface area contributed by atoms with Gasteiger partial charge in [0.15, 0.2) is 0 Å². The van der Waals surface area contributed by atoms with Gasteiger partial charge in [0.25, 0.3) is 0 Å². The Hall–Kier alpha value is -1.38. The molecule has 3 N–H and O–H groups in total. The van der Waals surface area contributed by atoms with Crippen LogP contribution in [0, 0.1) is 5.82 Å². The number of benzene rings is 1. The largest absolute Gasteiger partial charge is 0.416 e. The highest BCUT2D eigenvalue weighted by Gasteiger charge is 2.32. The van der Waals surface area contributed by atoms with E-state index >= 15 is 0 Å². The number of aliphatic hydroxyl groups is 1. The summed E-state index contributed by atoms with van der Waals surface area (Å²) in [5, 5.41) is 14.0. The van der Waals surface area contributed by atoms with E-state index in [9.17, 15) is 27.5 Å². The second-order valence-corrected chi connectivity index (χ2v) is 4.53. The maximum absolute atomic E-state index is 13.4. The summed E-state index contributed by atoms with van der Waals surface area (Å²) in [5.41, 5.74) is -1.58. The van der Waals surface area contributed by atoms with Crippen LogP contribution in [0.1, 0.15) is 12.0 Å². The zero-order chi connectivity index (χ0) is 14.9. The summed E-state index contributed by atoms with van der Waals surface area (Å²) in [4.78, 5) is 11.7. The number of nitrogens with one attached hydrogen (secondary N) is 2. The number of carbonyl (C=O) groups is 1. The first kappa shape index (κ1) is 17.7. The molecule has 4 nitrogen and oxygen atoms in total. The minimum atomic E-state index is -4.62. The van der Waals surface area contributed by atoms with Crippen molar-refractivity contribution in [2.75, 3.05) is 11.9 Å². The molecule has 0 bridgehead atoms. The van der Waals surface area contributed by atoms with Gasteiger partial charge < -0.3 is 15.7 Å². The number of halogens is 5. The van der Waals surface area contributed by atoms with Crippen molar-refractivity contribution >= 4 is 24.0 Å². The van der Waals surface area contributed by atoms with Gasteiger partial charge >= 0.3 is 6.18 Å². The van der Waals surface area contributed by atoms with Crippen LogP contribution >= 0.6 is 12.4 Å². The molecule has 0 aliphatic carbocycles. The lowest BCUT2D eigenvalue weighted by Crippen LogP contribution is -2.35. The van der Waals surface area contributed by atoms with E-state index < -0.39 is 41.3 Å². The van der Waals surface area contributed by atoms with Crippen molar-refractivity contribution in [3.05, 3.63) is 29.6 Å². The molecular weight excluding hydrogens is 316 g/mol. The van der Waals surface area contributed by atoms with E-state index in [1.807, 2.05) is 0 Å². The molecule has 0 spiro atoms. The van der Waals surface area contributed by atoms with Crippen molar-refractivity contribution in [2.45, 2.75) is 24.7 Å². The SMILES string of the molecule is Cl.O=C(Nc1cc(C(F)(F)F)ccc1F)C1CC(O)CN1. The maximum Gasteiger partial charge on any atom is 0.416 e. The summed E-state index contributed by atoms with van der Waals surface area (Å²) in [6.45, 7) is 0.211. The van der Waals surface area contributed by atoms with Gasteiger partial charge in [-0.25, -0.2) is 4.39 Å². The Morgan fingerprint density at radius 2 is 2.05 bits per heavy atom. The minimum Gasteiger partial charge on any atom is -0.392 e. The molecule has 1 fully saturated rings. The summed E-state index contributed by atoms with van der Waals surface area (Å²) in [5.74, 6) is -1.63. The lowest BCUT2D eigenvalue weighted by molar-refractivity contribution is -0.137. The summed E-state index contributed by atoms with van der Waals surface area (Å²) in [6.07, 6.45) is -5.18. The number of aliphatic hydroxyl groups excluding tert-OH is 1.